The summed E-state index contributed by atoms with van der Waals surface area (Å²) >= 11 is 0. The van der Waals surface area contributed by atoms with Crippen molar-refractivity contribution in [1.29, 1.82) is 0 Å². The Bertz CT molecular complexity index is 211. The largest absolute Gasteiger partial charge is 0.326 e. The number of hydrogen-bond donors (Lipinski definition) is 1. The summed E-state index contributed by atoms with van der Waals surface area (Å²) < 4.78 is 0. The van der Waals surface area contributed by atoms with E-state index in [4.69, 9.17) is 5.73 Å². The molecule has 2 N–H and O–H groups in total. The van der Waals surface area contributed by atoms with Crippen molar-refractivity contribution in [3.05, 3.63) is 0 Å². The maximum Gasteiger partial charge on any atom is 0.0244 e. The highest BCUT2D eigenvalue weighted by molar-refractivity contribution is 4.88. The van der Waals surface area contributed by atoms with Crippen molar-refractivity contribution in [2.75, 3.05) is 33.7 Å². The number of nitrogens with two attached hydrogens (primary N) is 1. The molecule has 0 spiro atoms. The van der Waals surface area contributed by atoms with Crippen molar-refractivity contribution in [3.63, 3.8) is 0 Å². The van der Waals surface area contributed by atoms with E-state index in [2.05, 4.69) is 23.9 Å². The molecular formula is C13H27N3. The maximum absolute atomic E-state index is 6.16. The van der Waals surface area contributed by atoms with Gasteiger partial charge in [0.1, 0.15) is 0 Å². The molecule has 1 aliphatic heterocycles. The molecular weight excluding hydrogens is 198 g/mol. The standard InChI is InChI=1S/C13H27N3/c1-15-8-6-11(7-9-15)10-16(2)13-5-3-4-12(13)14/h11-13H,3-10,14H2,1-2H3. The van der Waals surface area contributed by atoms with Gasteiger partial charge in [0.05, 0.1) is 0 Å². The average molecular weight is 225 g/mol. The van der Waals surface area contributed by atoms with E-state index in [9.17, 15) is 0 Å². The molecule has 2 atom stereocenters. The molecule has 1 heterocycles. The number of piperidine rings is 1. The molecule has 0 aromatic rings. The van der Waals surface area contributed by atoms with Gasteiger partial charge in [-0.1, -0.05) is 6.42 Å². The molecule has 0 bridgehead atoms. The fourth-order valence-electron chi connectivity index (χ4n) is 3.30. The average Bonchev–Trinajstić information content (AvgIpc) is 2.68. The Morgan fingerprint density at radius 2 is 1.88 bits per heavy atom. The van der Waals surface area contributed by atoms with E-state index < -0.39 is 0 Å². The SMILES string of the molecule is CN1CCC(CN(C)C2CCCC2N)CC1. The normalized spacial score (nSPS) is 33.8. The zero-order valence-electron chi connectivity index (χ0n) is 10.9. The summed E-state index contributed by atoms with van der Waals surface area (Å²) in [5, 5.41) is 0. The van der Waals surface area contributed by atoms with Gasteiger partial charge in [-0.2, -0.15) is 0 Å². The van der Waals surface area contributed by atoms with Crippen LogP contribution < -0.4 is 5.73 Å². The molecule has 1 saturated heterocycles. The number of likely N-dealkylation sites (tertiary alicyclic amines) is 1. The van der Waals surface area contributed by atoms with Crippen LogP contribution in [0.15, 0.2) is 0 Å². The first kappa shape index (κ1) is 12.3. The second kappa shape index (κ2) is 5.48. The van der Waals surface area contributed by atoms with Gasteiger partial charge in [-0.15, -0.1) is 0 Å². The van der Waals surface area contributed by atoms with Gasteiger partial charge in [-0.05, 0) is 58.8 Å². The van der Waals surface area contributed by atoms with Crippen LogP contribution in [0.5, 0.6) is 0 Å². The predicted molar refractivity (Wildman–Crippen MR) is 68.5 cm³/mol. The van der Waals surface area contributed by atoms with Crippen LogP contribution in [0, 0.1) is 5.92 Å². The van der Waals surface area contributed by atoms with Crippen LogP contribution in [0.1, 0.15) is 32.1 Å². The third kappa shape index (κ3) is 2.96. The third-order valence-electron chi connectivity index (χ3n) is 4.48. The molecule has 0 aromatic carbocycles. The van der Waals surface area contributed by atoms with Crippen LogP contribution in [-0.2, 0) is 0 Å². The van der Waals surface area contributed by atoms with Gasteiger partial charge >= 0.3 is 0 Å². The monoisotopic (exact) mass is 225 g/mol. The lowest BCUT2D eigenvalue weighted by Crippen LogP contribution is -2.45. The minimum atomic E-state index is 0.427. The van der Waals surface area contributed by atoms with Gasteiger partial charge < -0.3 is 15.5 Å². The Balaban J connectivity index is 1.76. The summed E-state index contributed by atoms with van der Waals surface area (Å²) in [7, 11) is 4.50. The van der Waals surface area contributed by atoms with Gasteiger partial charge in [-0.25, -0.2) is 0 Å². The lowest BCUT2D eigenvalue weighted by atomic mass is 9.96. The van der Waals surface area contributed by atoms with Crippen molar-refractivity contribution in [1.82, 2.24) is 9.80 Å². The fourth-order valence-corrected chi connectivity index (χ4v) is 3.30. The molecule has 2 unspecified atom stereocenters. The second-order valence-electron chi connectivity index (χ2n) is 5.85. The van der Waals surface area contributed by atoms with E-state index in [0.717, 1.165) is 5.92 Å². The number of hydrogen-bond acceptors (Lipinski definition) is 3. The topological polar surface area (TPSA) is 32.5 Å². The predicted octanol–water partition coefficient (Wildman–Crippen LogP) is 1.14. The van der Waals surface area contributed by atoms with E-state index in [1.165, 1.54) is 51.7 Å². The number of rotatable bonds is 3. The molecule has 1 saturated carbocycles. The Morgan fingerprint density at radius 3 is 2.44 bits per heavy atom. The lowest BCUT2D eigenvalue weighted by molar-refractivity contribution is 0.145. The molecule has 2 fully saturated rings. The summed E-state index contributed by atoms with van der Waals surface area (Å²) in [6.07, 6.45) is 6.59. The molecule has 2 aliphatic rings. The summed E-state index contributed by atoms with van der Waals surface area (Å²) in [5.41, 5.74) is 6.16. The summed E-state index contributed by atoms with van der Waals surface area (Å²) in [5.74, 6) is 0.897. The van der Waals surface area contributed by atoms with E-state index >= 15 is 0 Å². The van der Waals surface area contributed by atoms with Crippen LogP contribution in [-0.4, -0.2) is 55.6 Å². The quantitative estimate of drug-likeness (QED) is 0.782. The Hall–Kier alpha value is -0.120. The summed E-state index contributed by atoms with van der Waals surface area (Å²) in [4.78, 5) is 4.98. The summed E-state index contributed by atoms with van der Waals surface area (Å²) in [6.45, 7) is 3.80. The second-order valence-corrected chi connectivity index (χ2v) is 5.85. The Morgan fingerprint density at radius 1 is 1.19 bits per heavy atom. The van der Waals surface area contributed by atoms with Crippen molar-refractivity contribution >= 4 is 0 Å². The highest BCUT2D eigenvalue weighted by atomic mass is 15.2. The van der Waals surface area contributed by atoms with E-state index in [0.29, 0.717) is 12.1 Å². The zero-order chi connectivity index (χ0) is 11.5. The fraction of sp³-hybridized carbons (Fsp3) is 1.00. The van der Waals surface area contributed by atoms with Crippen LogP contribution in [0.25, 0.3) is 0 Å². The highest BCUT2D eigenvalue weighted by Crippen LogP contribution is 2.24. The molecule has 16 heavy (non-hydrogen) atoms. The van der Waals surface area contributed by atoms with Crippen LogP contribution >= 0.6 is 0 Å². The minimum absolute atomic E-state index is 0.427. The molecule has 94 valence electrons. The van der Waals surface area contributed by atoms with Gasteiger partial charge in [-0.3, -0.25) is 0 Å². The van der Waals surface area contributed by atoms with E-state index in [-0.39, 0.29) is 0 Å². The Kier molecular flexibility index (Phi) is 4.22. The van der Waals surface area contributed by atoms with Gasteiger partial charge in [0.15, 0.2) is 0 Å². The highest BCUT2D eigenvalue weighted by Gasteiger charge is 2.29. The first-order valence-corrected chi connectivity index (χ1v) is 6.81. The van der Waals surface area contributed by atoms with E-state index in [1.807, 2.05) is 0 Å². The van der Waals surface area contributed by atoms with Crippen molar-refractivity contribution in [2.45, 2.75) is 44.2 Å². The molecule has 3 heteroatoms. The number of nitrogens with zero attached hydrogens (tertiary/aromatic N) is 2. The van der Waals surface area contributed by atoms with Crippen LogP contribution in [0.2, 0.25) is 0 Å². The number of likely N-dealkylation sites (N-methyl/N-ethyl adjacent to an activating group) is 1. The van der Waals surface area contributed by atoms with Crippen LogP contribution in [0.3, 0.4) is 0 Å². The van der Waals surface area contributed by atoms with Crippen molar-refractivity contribution < 1.29 is 0 Å². The minimum Gasteiger partial charge on any atom is -0.326 e. The van der Waals surface area contributed by atoms with Gasteiger partial charge in [0, 0.05) is 18.6 Å². The first-order chi connectivity index (χ1) is 7.66. The molecule has 1 aliphatic carbocycles. The Labute approximate surface area is 100.0 Å². The van der Waals surface area contributed by atoms with E-state index in [1.54, 1.807) is 0 Å². The van der Waals surface area contributed by atoms with Gasteiger partial charge in [0.2, 0.25) is 0 Å². The lowest BCUT2D eigenvalue weighted by Gasteiger charge is -2.35. The zero-order valence-corrected chi connectivity index (χ0v) is 10.9. The maximum atomic E-state index is 6.16. The van der Waals surface area contributed by atoms with Crippen molar-refractivity contribution in [2.24, 2.45) is 11.7 Å². The molecule has 0 amide bonds. The smallest absolute Gasteiger partial charge is 0.0244 e. The molecule has 2 rings (SSSR count). The molecule has 0 radical (unpaired) electrons. The summed E-state index contributed by atoms with van der Waals surface area (Å²) in [6, 6.07) is 1.08. The van der Waals surface area contributed by atoms with Gasteiger partial charge in [0.25, 0.3) is 0 Å². The van der Waals surface area contributed by atoms with Crippen LogP contribution in [0.4, 0.5) is 0 Å². The van der Waals surface area contributed by atoms with Crippen molar-refractivity contribution in [3.8, 4) is 0 Å². The third-order valence-corrected chi connectivity index (χ3v) is 4.48. The first-order valence-electron chi connectivity index (χ1n) is 6.81. The molecule has 3 nitrogen and oxygen atoms in total. The molecule has 0 aromatic heterocycles.